The number of benzene rings is 1. The first-order chi connectivity index (χ1) is 11.1. The van der Waals surface area contributed by atoms with Crippen LogP contribution in [-0.4, -0.2) is 18.1 Å². The molecule has 0 aliphatic carbocycles. The fourth-order valence-corrected chi connectivity index (χ4v) is 4.45. The van der Waals surface area contributed by atoms with E-state index in [0.29, 0.717) is 6.17 Å². The van der Waals surface area contributed by atoms with Crippen molar-refractivity contribution in [3.8, 4) is 0 Å². The molecule has 1 aromatic rings. The number of anilines is 1. The molecule has 0 aromatic heterocycles. The van der Waals surface area contributed by atoms with Gasteiger partial charge in [0.2, 0.25) is 0 Å². The summed E-state index contributed by atoms with van der Waals surface area (Å²) in [6, 6.07) is 7.01. The van der Waals surface area contributed by atoms with Crippen LogP contribution in [0.15, 0.2) is 37.2 Å². The first-order valence-corrected chi connectivity index (χ1v) is 9.10. The van der Waals surface area contributed by atoms with Gasteiger partial charge in [-0.05, 0) is 42.9 Å². The van der Waals surface area contributed by atoms with E-state index in [1.807, 2.05) is 0 Å². The lowest BCUT2D eigenvalue weighted by molar-refractivity contribution is 0.175. The molecular formula is C21H30N2. The Morgan fingerprint density at radius 2 is 1.87 bits per heavy atom. The minimum Gasteiger partial charge on any atom is -0.358 e. The number of hydrogen-bond acceptors (Lipinski definition) is 2. The third-order valence-electron chi connectivity index (χ3n) is 5.95. The summed E-state index contributed by atoms with van der Waals surface area (Å²) in [5.74, 6) is 0. The fourth-order valence-electron chi connectivity index (χ4n) is 4.45. The van der Waals surface area contributed by atoms with E-state index in [1.165, 1.54) is 41.6 Å². The van der Waals surface area contributed by atoms with E-state index in [9.17, 15) is 0 Å². The summed E-state index contributed by atoms with van der Waals surface area (Å²) in [5.41, 5.74) is 5.56. The van der Waals surface area contributed by atoms with Crippen LogP contribution in [0.25, 0.3) is 5.57 Å². The quantitative estimate of drug-likeness (QED) is 0.717. The van der Waals surface area contributed by atoms with Gasteiger partial charge in [0.1, 0.15) is 6.17 Å². The lowest BCUT2D eigenvalue weighted by Gasteiger charge is -2.51. The van der Waals surface area contributed by atoms with Gasteiger partial charge < -0.3 is 9.80 Å². The maximum atomic E-state index is 4.56. The van der Waals surface area contributed by atoms with Gasteiger partial charge in [0.15, 0.2) is 0 Å². The van der Waals surface area contributed by atoms with Crippen molar-refractivity contribution < 1.29 is 0 Å². The van der Waals surface area contributed by atoms with Crippen LogP contribution >= 0.6 is 0 Å². The number of fused-ring (bicyclic) bond motifs is 3. The van der Waals surface area contributed by atoms with Gasteiger partial charge in [0, 0.05) is 30.4 Å². The molecule has 2 aliphatic heterocycles. The summed E-state index contributed by atoms with van der Waals surface area (Å²) in [6.07, 6.45) is 10.7. The van der Waals surface area contributed by atoms with Crippen LogP contribution in [-0.2, 0) is 6.42 Å². The molecule has 2 nitrogen and oxygen atoms in total. The van der Waals surface area contributed by atoms with E-state index in [4.69, 9.17) is 0 Å². The molecular weight excluding hydrogens is 280 g/mol. The highest BCUT2D eigenvalue weighted by molar-refractivity contribution is 5.84. The van der Waals surface area contributed by atoms with Crippen LogP contribution in [0, 0.1) is 5.41 Å². The van der Waals surface area contributed by atoms with Crippen LogP contribution in [0.3, 0.4) is 0 Å². The molecule has 0 spiro atoms. The predicted molar refractivity (Wildman–Crippen MR) is 100 cm³/mol. The Morgan fingerprint density at radius 1 is 1.13 bits per heavy atom. The van der Waals surface area contributed by atoms with Crippen molar-refractivity contribution in [2.45, 2.75) is 59.0 Å². The number of rotatable bonds is 5. The van der Waals surface area contributed by atoms with Crippen molar-refractivity contribution in [2.24, 2.45) is 5.41 Å². The molecule has 124 valence electrons. The van der Waals surface area contributed by atoms with Crippen LogP contribution in [0.2, 0.25) is 0 Å². The Kier molecular flexibility index (Phi) is 4.27. The maximum Gasteiger partial charge on any atom is 0.115 e. The highest BCUT2D eigenvalue weighted by Crippen LogP contribution is 2.54. The second-order valence-electron chi connectivity index (χ2n) is 7.04. The van der Waals surface area contributed by atoms with Gasteiger partial charge in [-0.1, -0.05) is 45.9 Å². The fraction of sp³-hybridized carbons (Fsp3) is 0.524. The minimum atomic E-state index is 0.121. The van der Waals surface area contributed by atoms with Crippen LogP contribution in [0.1, 0.15) is 57.6 Å². The molecule has 0 radical (unpaired) electrons. The standard InChI is InChI=1S/C21H30N2/c1-6-9-10-17-11-12-18-16(4)21(7-2,8-3)20-22(5)13-14-23(20)19(18)15-17/h11-15,20H,4,6-10H2,1-3,5H3. The van der Waals surface area contributed by atoms with Crippen LogP contribution < -0.4 is 4.90 Å². The number of nitrogens with zero attached hydrogens (tertiary/aromatic N) is 2. The van der Waals surface area contributed by atoms with Gasteiger partial charge in [-0.3, -0.25) is 0 Å². The molecule has 1 aromatic carbocycles. The second-order valence-corrected chi connectivity index (χ2v) is 7.04. The van der Waals surface area contributed by atoms with Crippen molar-refractivity contribution in [3.05, 3.63) is 48.3 Å². The first kappa shape index (κ1) is 16.2. The predicted octanol–water partition coefficient (Wildman–Crippen LogP) is 5.41. The molecule has 2 aliphatic rings. The smallest absolute Gasteiger partial charge is 0.115 e. The number of unbranched alkanes of at least 4 members (excludes halogenated alkanes) is 1. The lowest BCUT2D eigenvalue weighted by atomic mass is 9.67. The van der Waals surface area contributed by atoms with Crippen LogP contribution in [0.5, 0.6) is 0 Å². The van der Waals surface area contributed by atoms with E-state index in [2.05, 4.69) is 74.8 Å². The summed E-state index contributed by atoms with van der Waals surface area (Å²) in [7, 11) is 2.19. The summed E-state index contributed by atoms with van der Waals surface area (Å²) in [4.78, 5) is 4.84. The van der Waals surface area contributed by atoms with Crippen molar-refractivity contribution in [3.63, 3.8) is 0 Å². The van der Waals surface area contributed by atoms with Gasteiger partial charge in [-0.25, -0.2) is 0 Å². The molecule has 0 saturated heterocycles. The SMILES string of the molecule is C=C1c2ccc(CCCC)cc2N2C=CN(C)C2C1(CC)CC. The monoisotopic (exact) mass is 310 g/mol. The van der Waals surface area contributed by atoms with Gasteiger partial charge in [0.25, 0.3) is 0 Å². The van der Waals surface area contributed by atoms with Gasteiger partial charge in [0.05, 0.1) is 5.69 Å². The van der Waals surface area contributed by atoms with Crippen molar-refractivity contribution in [1.82, 2.24) is 4.90 Å². The molecule has 23 heavy (non-hydrogen) atoms. The third-order valence-corrected chi connectivity index (χ3v) is 5.95. The normalized spacial score (nSPS) is 21.6. The Bertz CT molecular complexity index is 625. The highest BCUT2D eigenvalue weighted by Gasteiger charge is 2.49. The van der Waals surface area contributed by atoms with Crippen molar-refractivity contribution in [2.75, 3.05) is 11.9 Å². The third kappa shape index (κ3) is 2.31. The molecule has 0 bridgehead atoms. The summed E-state index contributed by atoms with van der Waals surface area (Å²) < 4.78 is 0. The van der Waals surface area contributed by atoms with E-state index < -0.39 is 0 Å². The maximum absolute atomic E-state index is 4.56. The van der Waals surface area contributed by atoms with Crippen molar-refractivity contribution >= 4 is 11.3 Å². The van der Waals surface area contributed by atoms with E-state index >= 15 is 0 Å². The average Bonchev–Trinajstić information content (AvgIpc) is 2.97. The summed E-state index contributed by atoms with van der Waals surface area (Å²) in [5, 5.41) is 0. The zero-order valence-corrected chi connectivity index (χ0v) is 15.1. The highest BCUT2D eigenvalue weighted by atomic mass is 15.4. The topological polar surface area (TPSA) is 6.48 Å². The molecule has 0 N–H and O–H groups in total. The van der Waals surface area contributed by atoms with E-state index in [-0.39, 0.29) is 5.41 Å². The zero-order valence-electron chi connectivity index (χ0n) is 15.1. The largest absolute Gasteiger partial charge is 0.358 e. The Labute approximate surface area is 141 Å². The molecule has 0 fully saturated rings. The Balaban J connectivity index is 2.10. The summed E-state index contributed by atoms with van der Waals surface area (Å²) >= 11 is 0. The average molecular weight is 310 g/mol. The van der Waals surface area contributed by atoms with E-state index in [1.54, 1.807) is 0 Å². The van der Waals surface area contributed by atoms with Crippen molar-refractivity contribution in [1.29, 1.82) is 0 Å². The first-order valence-electron chi connectivity index (χ1n) is 9.10. The molecule has 0 saturated carbocycles. The number of hydrogen-bond donors (Lipinski definition) is 0. The molecule has 1 atom stereocenters. The van der Waals surface area contributed by atoms with Gasteiger partial charge >= 0.3 is 0 Å². The van der Waals surface area contributed by atoms with Gasteiger partial charge in [-0.15, -0.1) is 0 Å². The minimum absolute atomic E-state index is 0.121. The van der Waals surface area contributed by atoms with E-state index in [0.717, 1.165) is 12.8 Å². The zero-order chi connectivity index (χ0) is 16.6. The molecule has 1 unspecified atom stereocenters. The Hall–Kier alpha value is -1.70. The summed E-state index contributed by atoms with van der Waals surface area (Å²) in [6.45, 7) is 11.4. The van der Waals surface area contributed by atoms with Gasteiger partial charge in [-0.2, -0.15) is 0 Å². The molecule has 2 heteroatoms. The lowest BCUT2D eigenvalue weighted by Crippen LogP contribution is -2.53. The Morgan fingerprint density at radius 3 is 2.52 bits per heavy atom. The molecule has 0 amide bonds. The molecule has 2 heterocycles. The number of aryl methyl sites for hydroxylation is 1. The second kappa shape index (κ2) is 6.07. The van der Waals surface area contributed by atoms with Crippen LogP contribution in [0.4, 0.5) is 5.69 Å². The molecule has 3 rings (SSSR count).